The molecule has 0 unspecified atom stereocenters. The summed E-state index contributed by atoms with van der Waals surface area (Å²) in [6, 6.07) is 5.98. The summed E-state index contributed by atoms with van der Waals surface area (Å²) in [5, 5.41) is 6.80. The summed E-state index contributed by atoms with van der Waals surface area (Å²) >= 11 is 0. The zero-order valence-corrected chi connectivity index (χ0v) is 9.45. The van der Waals surface area contributed by atoms with Crippen molar-refractivity contribution in [3.05, 3.63) is 47.8 Å². The van der Waals surface area contributed by atoms with Crippen LogP contribution in [0.2, 0.25) is 0 Å². The summed E-state index contributed by atoms with van der Waals surface area (Å²) in [5.41, 5.74) is 0.600. The Hall–Kier alpha value is -1.75. The van der Waals surface area contributed by atoms with E-state index in [1.807, 2.05) is 0 Å². The van der Waals surface area contributed by atoms with Crippen molar-refractivity contribution in [3.63, 3.8) is 0 Å². The number of para-hydroxylation sites is 1. The van der Waals surface area contributed by atoms with Crippen LogP contribution in [-0.2, 0) is 6.42 Å². The van der Waals surface area contributed by atoms with Crippen LogP contribution in [0.1, 0.15) is 5.56 Å². The molecule has 0 saturated heterocycles. The molecule has 90 valence electrons. The molecule has 1 aromatic heterocycles. The lowest BCUT2D eigenvalue weighted by atomic mass is 10.2. The van der Waals surface area contributed by atoms with Gasteiger partial charge in [-0.2, -0.15) is 9.49 Å². The molecule has 5 heteroatoms. The number of benzene rings is 1. The monoisotopic (exact) mass is 237 g/mol. The van der Waals surface area contributed by atoms with Crippen molar-refractivity contribution in [1.82, 2.24) is 15.1 Å². The van der Waals surface area contributed by atoms with Gasteiger partial charge in [-0.05, 0) is 32.1 Å². The van der Waals surface area contributed by atoms with E-state index in [1.165, 1.54) is 18.3 Å². The highest BCUT2D eigenvalue weighted by Gasteiger charge is 2.13. The zero-order valence-electron chi connectivity index (χ0n) is 9.45. The number of likely N-dealkylation sites (N-methyl/N-ethyl adjacent to an activating group) is 1. The Labute approximate surface area is 98.1 Å². The molecule has 0 aliphatic rings. The van der Waals surface area contributed by atoms with Crippen LogP contribution in [0, 0.1) is 11.8 Å². The van der Waals surface area contributed by atoms with Gasteiger partial charge in [-0.25, -0.2) is 9.07 Å². The number of nitrogens with one attached hydrogen (secondary N) is 1. The van der Waals surface area contributed by atoms with Gasteiger partial charge >= 0.3 is 0 Å². The summed E-state index contributed by atoms with van der Waals surface area (Å²) in [6.07, 6.45) is 1.95. The molecular weight excluding hydrogens is 224 g/mol. The molecular formula is C12H13F2N3. The van der Waals surface area contributed by atoms with Gasteiger partial charge in [0, 0.05) is 5.56 Å². The van der Waals surface area contributed by atoms with Gasteiger partial charge in [-0.3, -0.25) is 0 Å². The second kappa shape index (κ2) is 5.05. The Balaban J connectivity index is 2.34. The van der Waals surface area contributed by atoms with Crippen LogP contribution in [0.15, 0.2) is 30.5 Å². The van der Waals surface area contributed by atoms with Crippen molar-refractivity contribution < 1.29 is 8.78 Å². The molecule has 0 radical (unpaired) electrons. The molecule has 2 rings (SSSR count). The number of nitrogens with zero attached hydrogens (tertiary/aromatic N) is 2. The first kappa shape index (κ1) is 11.7. The van der Waals surface area contributed by atoms with Gasteiger partial charge in [0.15, 0.2) is 0 Å². The molecule has 0 fully saturated rings. The third-order valence-corrected chi connectivity index (χ3v) is 2.50. The summed E-state index contributed by atoms with van der Waals surface area (Å²) in [6.45, 7) is 0.653. The van der Waals surface area contributed by atoms with Crippen LogP contribution < -0.4 is 5.32 Å². The van der Waals surface area contributed by atoms with E-state index >= 15 is 0 Å². The quantitative estimate of drug-likeness (QED) is 0.880. The van der Waals surface area contributed by atoms with E-state index in [-0.39, 0.29) is 5.69 Å². The Bertz CT molecular complexity index is 508. The minimum Gasteiger partial charge on any atom is -0.319 e. The number of halogens is 2. The summed E-state index contributed by atoms with van der Waals surface area (Å²) in [5.74, 6) is -1.000. The minimum atomic E-state index is -0.509. The number of rotatable bonds is 4. The number of hydrogen-bond acceptors (Lipinski definition) is 2. The topological polar surface area (TPSA) is 29.9 Å². The third kappa shape index (κ3) is 2.34. The molecule has 0 spiro atoms. The van der Waals surface area contributed by atoms with Crippen LogP contribution in [0.3, 0.4) is 0 Å². The van der Waals surface area contributed by atoms with Crippen LogP contribution >= 0.6 is 0 Å². The van der Waals surface area contributed by atoms with E-state index in [9.17, 15) is 8.78 Å². The first-order valence-electron chi connectivity index (χ1n) is 5.36. The second-order valence-corrected chi connectivity index (χ2v) is 3.68. The van der Waals surface area contributed by atoms with Crippen LogP contribution in [-0.4, -0.2) is 23.4 Å². The maximum atomic E-state index is 13.9. The summed E-state index contributed by atoms with van der Waals surface area (Å²) in [4.78, 5) is 0. The predicted octanol–water partition coefficient (Wildman–Crippen LogP) is 1.91. The van der Waals surface area contributed by atoms with Gasteiger partial charge in [0.2, 0.25) is 5.95 Å². The van der Waals surface area contributed by atoms with Gasteiger partial charge in [0.25, 0.3) is 0 Å². The van der Waals surface area contributed by atoms with E-state index in [4.69, 9.17) is 0 Å². The fraction of sp³-hybridized carbons (Fsp3) is 0.250. The predicted molar refractivity (Wildman–Crippen MR) is 61.1 cm³/mol. The second-order valence-electron chi connectivity index (χ2n) is 3.68. The largest absolute Gasteiger partial charge is 0.319 e. The Morgan fingerprint density at radius 2 is 2.06 bits per heavy atom. The van der Waals surface area contributed by atoms with Crippen molar-refractivity contribution in [1.29, 1.82) is 0 Å². The maximum Gasteiger partial charge on any atom is 0.219 e. The van der Waals surface area contributed by atoms with Crippen LogP contribution in [0.4, 0.5) is 8.78 Å². The van der Waals surface area contributed by atoms with Gasteiger partial charge in [-0.1, -0.05) is 12.1 Å². The highest BCUT2D eigenvalue weighted by Crippen LogP contribution is 2.16. The molecule has 3 nitrogen and oxygen atoms in total. The molecule has 0 atom stereocenters. The van der Waals surface area contributed by atoms with Gasteiger partial charge in [0.05, 0.1) is 6.20 Å². The van der Waals surface area contributed by atoms with Crippen molar-refractivity contribution in [3.8, 4) is 5.69 Å². The fourth-order valence-corrected chi connectivity index (χ4v) is 1.59. The van der Waals surface area contributed by atoms with E-state index < -0.39 is 11.8 Å². The highest BCUT2D eigenvalue weighted by molar-refractivity contribution is 5.33. The van der Waals surface area contributed by atoms with Crippen LogP contribution in [0.5, 0.6) is 0 Å². The van der Waals surface area contributed by atoms with E-state index in [1.54, 1.807) is 19.2 Å². The Morgan fingerprint density at radius 3 is 2.76 bits per heavy atom. The van der Waals surface area contributed by atoms with Gasteiger partial charge in [0.1, 0.15) is 11.5 Å². The van der Waals surface area contributed by atoms with Crippen molar-refractivity contribution in [2.24, 2.45) is 0 Å². The molecule has 0 amide bonds. The number of hydrogen-bond donors (Lipinski definition) is 1. The highest BCUT2D eigenvalue weighted by atomic mass is 19.1. The molecule has 1 N–H and O–H groups in total. The lowest BCUT2D eigenvalue weighted by molar-refractivity contribution is 0.511. The zero-order chi connectivity index (χ0) is 12.3. The lowest BCUT2D eigenvalue weighted by Gasteiger charge is -2.03. The summed E-state index contributed by atoms with van der Waals surface area (Å²) in [7, 11) is 1.79. The SMILES string of the molecule is CNCCc1cnn(-c2ccccc2F)c1F. The van der Waals surface area contributed by atoms with E-state index in [0.29, 0.717) is 18.5 Å². The first-order chi connectivity index (χ1) is 8.24. The van der Waals surface area contributed by atoms with E-state index in [0.717, 1.165) is 4.68 Å². The molecule has 2 aromatic rings. The molecule has 0 aliphatic heterocycles. The summed E-state index contributed by atoms with van der Waals surface area (Å²) < 4.78 is 28.4. The standard InChI is InChI=1S/C12H13F2N3/c1-15-7-6-9-8-16-17(12(9)14)11-5-3-2-4-10(11)13/h2-5,8,15H,6-7H2,1H3. The van der Waals surface area contributed by atoms with Crippen molar-refractivity contribution in [2.75, 3.05) is 13.6 Å². The average Bonchev–Trinajstić information content (AvgIpc) is 2.69. The molecule has 0 saturated carbocycles. The number of aromatic nitrogens is 2. The molecule has 17 heavy (non-hydrogen) atoms. The minimum absolute atomic E-state index is 0.126. The normalized spacial score (nSPS) is 10.8. The third-order valence-electron chi connectivity index (χ3n) is 2.50. The van der Waals surface area contributed by atoms with Crippen molar-refractivity contribution in [2.45, 2.75) is 6.42 Å². The molecule has 1 heterocycles. The lowest BCUT2D eigenvalue weighted by Crippen LogP contribution is -2.11. The first-order valence-corrected chi connectivity index (χ1v) is 5.36. The average molecular weight is 237 g/mol. The van der Waals surface area contributed by atoms with E-state index in [2.05, 4.69) is 10.4 Å². The molecule has 0 aliphatic carbocycles. The Morgan fingerprint density at radius 1 is 1.29 bits per heavy atom. The fourth-order valence-electron chi connectivity index (χ4n) is 1.59. The van der Waals surface area contributed by atoms with Crippen LogP contribution in [0.25, 0.3) is 5.69 Å². The van der Waals surface area contributed by atoms with Crippen molar-refractivity contribution >= 4 is 0 Å². The van der Waals surface area contributed by atoms with Gasteiger partial charge < -0.3 is 5.32 Å². The maximum absolute atomic E-state index is 13.9. The smallest absolute Gasteiger partial charge is 0.219 e. The molecule has 1 aromatic carbocycles. The Kier molecular flexibility index (Phi) is 3.49. The molecule has 0 bridgehead atoms. The van der Waals surface area contributed by atoms with Gasteiger partial charge in [-0.15, -0.1) is 0 Å².